The molecule has 0 bridgehead atoms. The van der Waals surface area contributed by atoms with E-state index in [1.54, 1.807) is 59.5 Å². The van der Waals surface area contributed by atoms with E-state index in [2.05, 4.69) is 10.6 Å². The Labute approximate surface area is 187 Å². The molecule has 162 valence electrons. The van der Waals surface area contributed by atoms with Crippen molar-refractivity contribution < 1.29 is 14.4 Å². The molecule has 0 aliphatic carbocycles. The second-order valence-corrected chi connectivity index (χ2v) is 7.86. The van der Waals surface area contributed by atoms with Gasteiger partial charge in [-0.15, -0.1) is 0 Å². The Morgan fingerprint density at radius 3 is 1.66 bits per heavy atom. The lowest BCUT2D eigenvalue weighted by atomic mass is 10.0. The lowest BCUT2D eigenvalue weighted by Crippen LogP contribution is -2.27. The molecule has 1 aliphatic rings. The van der Waals surface area contributed by atoms with E-state index in [1.807, 2.05) is 26.0 Å². The third kappa shape index (κ3) is 4.25. The summed E-state index contributed by atoms with van der Waals surface area (Å²) in [5, 5.41) is 5.92. The van der Waals surface area contributed by atoms with Crippen molar-refractivity contribution in [3.63, 3.8) is 0 Å². The number of amides is 3. The van der Waals surface area contributed by atoms with Crippen LogP contribution in [0.5, 0.6) is 0 Å². The van der Waals surface area contributed by atoms with E-state index in [0.29, 0.717) is 35.5 Å². The van der Waals surface area contributed by atoms with Crippen molar-refractivity contribution in [2.75, 3.05) is 22.1 Å². The minimum Gasteiger partial charge on any atom is -0.322 e. The zero-order chi connectivity index (χ0) is 22.7. The second kappa shape index (κ2) is 9.06. The van der Waals surface area contributed by atoms with E-state index in [4.69, 9.17) is 0 Å². The number of hydrogen-bond acceptors (Lipinski definition) is 3. The number of rotatable bonds is 5. The maximum absolute atomic E-state index is 12.8. The van der Waals surface area contributed by atoms with Crippen molar-refractivity contribution in [3.8, 4) is 0 Å². The summed E-state index contributed by atoms with van der Waals surface area (Å²) in [6.07, 6.45) is 1.27. The molecule has 1 heterocycles. The van der Waals surface area contributed by atoms with E-state index in [1.165, 1.54) is 0 Å². The van der Waals surface area contributed by atoms with Gasteiger partial charge in [0.05, 0.1) is 5.69 Å². The molecule has 1 fully saturated rings. The Bertz CT molecular complexity index is 1100. The summed E-state index contributed by atoms with van der Waals surface area (Å²) < 4.78 is 0. The fourth-order valence-corrected chi connectivity index (χ4v) is 4.01. The maximum atomic E-state index is 12.8. The van der Waals surface area contributed by atoms with Gasteiger partial charge in [0.15, 0.2) is 0 Å². The molecular weight excluding hydrogens is 402 g/mol. The van der Waals surface area contributed by atoms with Gasteiger partial charge in [-0.3, -0.25) is 14.4 Å². The van der Waals surface area contributed by atoms with Gasteiger partial charge in [0.2, 0.25) is 5.91 Å². The van der Waals surface area contributed by atoms with Gasteiger partial charge >= 0.3 is 0 Å². The highest BCUT2D eigenvalue weighted by Gasteiger charge is 2.27. The minimum atomic E-state index is -0.253. The van der Waals surface area contributed by atoms with Crippen molar-refractivity contribution in [1.82, 2.24) is 0 Å². The summed E-state index contributed by atoms with van der Waals surface area (Å²) in [4.78, 5) is 39.9. The van der Waals surface area contributed by atoms with Gasteiger partial charge in [-0.1, -0.05) is 36.4 Å². The summed E-state index contributed by atoms with van der Waals surface area (Å²) >= 11 is 0. The third-order valence-electron chi connectivity index (χ3n) is 5.72. The number of hydrogen-bond donors (Lipinski definition) is 2. The molecule has 0 radical (unpaired) electrons. The summed E-state index contributed by atoms with van der Waals surface area (Å²) in [6, 6.07) is 19.6. The third-order valence-corrected chi connectivity index (χ3v) is 5.72. The van der Waals surface area contributed by atoms with Crippen LogP contribution in [0.4, 0.5) is 17.1 Å². The van der Waals surface area contributed by atoms with Gasteiger partial charge in [0, 0.05) is 35.5 Å². The SMILES string of the molecule is Cc1c(NC(=O)c2ccccc2)cc(NC(=O)c2ccccc2)c(C)c1N1CCCC1=O. The topological polar surface area (TPSA) is 78.5 Å². The Morgan fingerprint density at radius 1 is 0.781 bits per heavy atom. The monoisotopic (exact) mass is 427 g/mol. The number of carbonyl (C=O) groups is 3. The molecular formula is C26H25N3O3. The number of nitrogens with zero attached hydrogens (tertiary/aromatic N) is 1. The van der Waals surface area contributed by atoms with Gasteiger partial charge in [-0.25, -0.2) is 0 Å². The van der Waals surface area contributed by atoms with E-state index in [9.17, 15) is 14.4 Å². The Hall–Kier alpha value is -3.93. The van der Waals surface area contributed by atoms with Gasteiger partial charge in [-0.05, 0) is 61.7 Å². The average Bonchev–Trinajstić information content (AvgIpc) is 3.23. The number of carbonyl (C=O) groups excluding carboxylic acids is 3. The zero-order valence-corrected chi connectivity index (χ0v) is 18.1. The van der Waals surface area contributed by atoms with E-state index >= 15 is 0 Å². The van der Waals surface area contributed by atoms with E-state index in [0.717, 1.165) is 23.2 Å². The van der Waals surface area contributed by atoms with Gasteiger partial charge in [-0.2, -0.15) is 0 Å². The molecule has 0 atom stereocenters. The van der Waals surface area contributed by atoms with Crippen molar-refractivity contribution in [1.29, 1.82) is 0 Å². The molecule has 6 nitrogen and oxygen atoms in total. The second-order valence-electron chi connectivity index (χ2n) is 7.86. The molecule has 1 saturated heterocycles. The molecule has 3 aromatic rings. The minimum absolute atomic E-state index is 0.0445. The smallest absolute Gasteiger partial charge is 0.255 e. The van der Waals surface area contributed by atoms with Crippen molar-refractivity contribution in [2.45, 2.75) is 26.7 Å². The summed E-state index contributed by atoms with van der Waals surface area (Å²) in [5.41, 5.74) is 4.49. The quantitative estimate of drug-likeness (QED) is 0.606. The molecule has 4 rings (SSSR count). The van der Waals surface area contributed by atoms with Crippen molar-refractivity contribution >= 4 is 34.8 Å². The number of anilines is 3. The van der Waals surface area contributed by atoms with Crippen LogP contribution < -0.4 is 15.5 Å². The Kier molecular flexibility index (Phi) is 6.03. The van der Waals surface area contributed by atoms with Crippen LogP contribution in [0.2, 0.25) is 0 Å². The highest BCUT2D eigenvalue weighted by molar-refractivity contribution is 6.09. The van der Waals surface area contributed by atoms with Gasteiger partial charge < -0.3 is 15.5 Å². The van der Waals surface area contributed by atoms with Gasteiger partial charge in [0.25, 0.3) is 11.8 Å². The van der Waals surface area contributed by atoms with E-state index < -0.39 is 0 Å². The fourth-order valence-electron chi connectivity index (χ4n) is 4.01. The summed E-state index contributed by atoms with van der Waals surface area (Å²) in [6.45, 7) is 4.39. The van der Waals surface area contributed by atoms with Crippen LogP contribution in [0.1, 0.15) is 44.7 Å². The van der Waals surface area contributed by atoms with Crippen LogP contribution in [-0.2, 0) is 4.79 Å². The van der Waals surface area contributed by atoms with Crippen LogP contribution in [0, 0.1) is 13.8 Å². The average molecular weight is 428 g/mol. The molecule has 1 aliphatic heterocycles. The lowest BCUT2D eigenvalue weighted by molar-refractivity contribution is -0.117. The van der Waals surface area contributed by atoms with Gasteiger partial charge in [0.1, 0.15) is 0 Å². The molecule has 0 aromatic heterocycles. The predicted molar refractivity (Wildman–Crippen MR) is 126 cm³/mol. The molecule has 3 amide bonds. The summed E-state index contributed by atoms with van der Waals surface area (Å²) in [7, 11) is 0. The predicted octanol–water partition coefficient (Wildman–Crippen LogP) is 4.93. The molecule has 2 N–H and O–H groups in total. The van der Waals surface area contributed by atoms with Crippen molar-refractivity contribution in [2.24, 2.45) is 0 Å². The Morgan fingerprint density at radius 2 is 1.25 bits per heavy atom. The van der Waals surface area contributed by atoms with Crippen LogP contribution in [0.25, 0.3) is 0 Å². The summed E-state index contributed by atoms with van der Waals surface area (Å²) in [5.74, 6) is -0.462. The van der Waals surface area contributed by atoms with E-state index in [-0.39, 0.29) is 17.7 Å². The largest absolute Gasteiger partial charge is 0.322 e. The normalized spacial score (nSPS) is 13.2. The number of nitrogens with one attached hydrogen (secondary N) is 2. The lowest BCUT2D eigenvalue weighted by Gasteiger charge is -2.25. The fraction of sp³-hybridized carbons (Fsp3) is 0.192. The highest BCUT2D eigenvalue weighted by Crippen LogP contribution is 2.38. The first-order valence-electron chi connectivity index (χ1n) is 10.6. The van der Waals surface area contributed by atoms with Crippen LogP contribution in [-0.4, -0.2) is 24.3 Å². The Balaban J connectivity index is 1.75. The van der Waals surface area contributed by atoms with Crippen LogP contribution in [0.3, 0.4) is 0 Å². The molecule has 6 heteroatoms. The first-order chi connectivity index (χ1) is 15.5. The van der Waals surface area contributed by atoms with Crippen LogP contribution in [0.15, 0.2) is 66.7 Å². The molecule has 3 aromatic carbocycles. The molecule has 0 saturated carbocycles. The standard InChI is InChI=1S/C26H25N3O3/c1-17-21(27-25(31)19-10-5-3-6-11-19)16-22(28-26(32)20-12-7-4-8-13-20)18(2)24(17)29-15-9-14-23(29)30/h3-8,10-13,16H,9,14-15H2,1-2H3,(H,27,31)(H,28,32). The zero-order valence-electron chi connectivity index (χ0n) is 18.1. The molecule has 0 spiro atoms. The van der Waals surface area contributed by atoms with Crippen LogP contribution >= 0.6 is 0 Å². The molecule has 0 unspecified atom stereocenters. The molecule has 32 heavy (non-hydrogen) atoms. The first kappa shape index (κ1) is 21.3. The van der Waals surface area contributed by atoms with Crippen molar-refractivity contribution in [3.05, 3.63) is 89.0 Å². The highest BCUT2D eigenvalue weighted by atomic mass is 16.2. The number of benzene rings is 3. The first-order valence-corrected chi connectivity index (χ1v) is 10.6. The maximum Gasteiger partial charge on any atom is 0.255 e.